The summed E-state index contributed by atoms with van der Waals surface area (Å²) in [7, 11) is 0. The first-order chi connectivity index (χ1) is 13.3. The van der Waals surface area contributed by atoms with Gasteiger partial charge in [0.25, 0.3) is 0 Å². The average molecular weight is 405 g/mol. The highest BCUT2D eigenvalue weighted by Gasteiger charge is 2.25. The lowest BCUT2D eigenvalue weighted by Crippen LogP contribution is -2.23. The Kier molecular flexibility index (Phi) is 5.58. The van der Waals surface area contributed by atoms with Crippen molar-refractivity contribution < 1.29 is 18.3 Å². The number of rotatable bonds is 5. The number of aromatic nitrogens is 2. The first-order valence-electron chi connectivity index (χ1n) is 8.24. The molecule has 144 valence electrons. The van der Waals surface area contributed by atoms with E-state index < -0.39 is 23.8 Å². The molecule has 2 atom stereocenters. The van der Waals surface area contributed by atoms with E-state index in [1.165, 1.54) is 13.0 Å². The first-order valence-corrected chi connectivity index (χ1v) is 8.62. The molecular weight excluding hydrogens is 390 g/mol. The number of nitrogens with zero attached hydrogens (tertiary/aromatic N) is 3. The van der Waals surface area contributed by atoms with Crippen molar-refractivity contribution in [3.8, 4) is 17.5 Å². The molecule has 2 N–H and O–H groups in total. The highest BCUT2D eigenvalue weighted by molar-refractivity contribution is 6.32. The maximum Gasteiger partial charge on any atom is 0.247 e. The van der Waals surface area contributed by atoms with Crippen molar-refractivity contribution in [3.05, 3.63) is 64.0 Å². The molecule has 2 aromatic carbocycles. The van der Waals surface area contributed by atoms with Gasteiger partial charge in [-0.25, -0.2) is 8.78 Å². The molecule has 0 aliphatic carbocycles. The fourth-order valence-electron chi connectivity index (χ4n) is 2.59. The summed E-state index contributed by atoms with van der Waals surface area (Å²) in [6, 6.07) is 7.62. The fourth-order valence-corrected chi connectivity index (χ4v) is 2.80. The van der Waals surface area contributed by atoms with E-state index >= 15 is 0 Å². The van der Waals surface area contributed by atoms with Gasteiger partial charge >= 0.3 is 0 Å². The standard InChI is InChI=1S/C19H15ClF2N4O2/c1-9-15(6-4-12(8-23)16(9)20)24-17(10(2)27)19-26-25-18(28-19)11-3-5-13(21)14(22)7-11/h3-7,10,17,24,27H,1-2H3/t10-,17-/m1/s1. The van der Waals surface area contributed by atoms with Crippen LogP contribution in [0.1, 0.15) is 30.0 Å². The van der Waals surface area contributed by atoms with E-state index in [0.717, 1.165) is 12.1 Å². The molecule has 1 aromatic heterocycles. The lowest BCUT2D eigenvalue weighted by atomic mass is 10.1. The number of hydrogen-bond donors (Lipinski definition) is 2. The Balaban J connectivity index is 1.92. The number of anilines is 1. The second-order valence-electron chi connectivity index (χ2n) is 6.15. The number of aliphatic hydroxyl groups excluding tert-OH is 1. The summed E-state index contributed by atoms with van der Waals surface area (Å²) in [5.74, 6) is -1.99. The van der Waals surface area contributed by atoms with Crippen LogP contribution in [0, 0.1) is 29.9 Å². The van der Waals surface area contributed by atoms with E-state index in [-0.39, 0.29) is 17.3 Å². The predicted octanol–water partition coefficient (Wildman–Crippen LogP) is 4.38. The highest BCUT2D eigenvalue weighted by atomic mass is 35.5. The van der Waals surface area contributed by atoms with Crippen molar-refractivity contribution >= 4 is 17.3 Å². The minimum Gasteiger partial charge on any atom is -0.418 e. The number of aliphatic hydroxyl groups is 1. The van der Waals surface area contributed by atoms with Crippen molar-refractivity contribution in [1.29, 1.82) is 5.26 Å². The summed E-state index contributed by atoms with van der Waals surface area (Å²) < 4.78 is 32.1. The van der Waals surface area contributed by atoms with Gasteiger partial charge in [-0.1, -0.05) is 11.6 Å². The molecular formula is C19H15ClF2N4O2. The molecule has 0 fully saturated rings. The predicted molar refractivity (Wildman–Crippen MR) is 98.6 cm³/mol. The van der Waals surface area contributed by atoms with Gasteiger partial charge in [0.1, 0.15) is 12.1 Å². The zero-order valence-electron chi connectivity index (χ0n) is 14.9. The molecule has 6 nitrogen and oxygen atoms in total. The molecule has 0 aliphatic rings. The van der Waals surface area contributed by atoms with E-state index in [4.69, 9.17) is 21.3 Å². The Morgan fingerprint density at radius 2 is 1.96 bits per heavy atom. The first kappa shape index (κ1) is 19.7. The Labute approximate surface area is 164 Å². The molecule has 3 aromatic rings. The quantitative estimate of drug-likeness (QED) is 0.655. The summed E-state index contributed by atoms with van der Waals surface area (Å²) in [6.07, 6.45) is -0.938. The maximum atomic E-state index is 13.4. The topological polar surface area (TPSA) is 95.0 Å². The second-order valence-corrected chi connectivity index (χ2v) is 6.53. The third-order valence-electron chi connectivity index (χ3n) is 4.17. The van der Waals surface area contributed by atoms with Crippen LogP contribution in [0.3, 0.4) is 0 Å². The molecule has 28 heavy (non-hydrogen) atoms. The van der Waals surface area contributed by atoms with Crippen molar-refractivity contribution in [2.75, 3.05) is 5.32 Å². The van der Waals surface area contributed by atoms with Crippen molar-refractivity contribution in [3.63, 3.8) is 0 Å². The van der Waals surface area contributed by atoms with E-state index in [1.807, 2.05) is 6.07 Å². The molecule has 0 saturated carbocycles. The zero-order chi connectivity index (χ0) is 20.4. The Bertz CT molecular complexity index is 1060. The van der Waals surface area contributed by atoms with Gasteiger partial charge in [-0.05, 0) is 49.7 Å². The molecule has 1 heterocycles. The Hall–Kier alpha value is -3.02. The zero-order valence-corrected chi connectivity index (χ0v) is 15.6. The molecule has 0 amide bonds. The minimum absolute atomic E-state index is 0.0177. The van der Waals surface area contributed by atoms with E-state index in [1.54, 1.807) is 19.1 Å². The number of nitrogens with one attached hydrogen (secondary N) is 1. The molecule has 9 heteroatoms. The van der Waals surface area contributed by atoms with Crippen molar-refractivity contribution in [1.82, 2.24) is 10.2 Å². The lowest BCUT2D eigenvalue weighted by molar-refractivity contribution is 0.159. The van der Waals surface area contributed by atoms with Crippen LogP contribution in [-0.2, 0) is 0 Å². The number of nitriles is 1. The average Bonchev–Trinajstić information content (AvgIpc) is 3.14. The molecule has 3 rings (SSSR count). The van der Waals surface area contributed by atoms with Gasteiger partial charge in [-0.2, -0.15) is 5.26 Å². The second kappa shape index (κ2) is 7.92. The number of halogens is 3. The van der Waals surface area contributed by atoms with E-state index in [2.05, 4.69) is 15.5 Å². The summed E-state index contributed by atoms with van der Waals surface area (Å²) >= 11 is 6.18. The fraction of sp³-hybridized carbons (Fsp3) is 0.211. The van der Waals surface area contributed by atoms with Crippen LogP contribution >= 0.6 is 11.6 Å². The normalized spacial score (nSPS) is 13.0. The smallest absolute Gasteiger partial charge is 0.247 e. The van der Waals surface area contributed by atoms with Gasteiger partial charge in [0.05, 0.1) is 16.7 Å². The van der Waals surface area contributed by atoms with Crippen molar-refractivity contribution in [2.24, 2.45) is 0 Å². The van der Waals surface area contributed by atoms with Crippen LogP contribution in [0.2, 0.25) is 5.02 Å². The van der Waals surface area contributed by atoms with Crippen molar-refractivity contribution in [2.45, 2.75) is 26.0 Å². The lowest BCUT2D eigenvalue weighted by Gasteiger charge is -2.21. The molecule has 0 bridgehead atoms. The monoisotopic (exact) mass is 404 g/mol. The SMILES string of the molecule is Cc1c(N[C@@H](c2nnc(-c3ccc(F)c(F)c3)o2)[C@@H](C)O)ccc(C#N)c1Cl. The number of hydrogen-bond acceptors (Lipinski definition) is 6. The van der Waals surface area contributed by atoms with Crippen LogP contribution in [0.4, 0.5) is 14.5 Å². The van der Waals surface area contributed by atoms with Crippen LogP contribution in [-0.4, -0.2) is 21.4 Å². The summed E-state index contributed by atoms with van der Waals surface area (Å²) in [5, 5.41) is 30.3. The van der Waals surface area contributed by atoms with Gasteiger partial charge in [0.2, 0.25) is 11.8 Å². The van der Waals surface area contributed by atoms with Gasteiger partial charge in [-0.15, -0.1) is 10.2 Å². The Morgan fingerprint density at radius 1 is 1.21 bits per heavy atom. The van der Waals surface area contributed by atoms with E-state index in [9.17, 15) is 13.9 Å². The molecule has 0 spiro atoms. The molecule has 0 radical (unpaired) electrons. The largest absolute Gasteiger partial charge is 0.418 e. The minimum atomic E-state index is -1.04. The summed E-state index contributed by atoms with van der Waals surface area (Å²) in [5.41, 5.74) is 1.73. The van der Waals surface area contributed by atoms with Crippen LogP contribution in [0.15, 0.2) is 34.7 Å². The summed E-state index contributed by atoms with van der Waals surface area (Å²) in [4.78, 5) is 0. The molecule has 0 saturated heterocycles. The van der Waals surface area contributed by atoms with Gasteiger partial charge in [-0.3, -0.25) is 0 Å². The third-order valence-corrected chi connectivity index (χ3v) is 4.66. The van der Waals surface area contributed by atoms with Crippen LogP contribution < -0.4 is 5.32 Å². The van der Waals surface area contributed by atoms with Gasteiger partial charge in [0, 0.05) is 11.3 Å². The van der Waals surface area contributed by atoms with E-state index in [0.29, 0.717) is 21.8 Å². The summed E-state index contributed by atoms with van der Waals surface area (Å²) in [6.45, 7) is 3.25. The Morgan fingerprint density at radius 3 is 2.61 bits per heavy atom. The van der Waals surface area contributed by atoms with Crippen LogP contribution in [0.5, 0.6) is 0 Å². The van der Waals surface area contributed by atoms with Gasteiger partial charge in [0.15, 0.2) is 11.6 Å². The molecule has 0 unspecified atom stereocenters. The highest BCUT2D eigenvalue weighted by Crippen LogP contribution is 2.31. The van der Waals surface area contributed by atoms with Gasteiger partial charge < -0.3 is 14.8 Å². The molecule has 0 aliphatic heterocycles. The third kappa shape index (κ3) is 3.81. The van der Waals surface area contributed by atoms with Crippen LogP contribution in [0.25, 0.3) is 11.5 Å². The number of benzene rings is 2. The maximum absolute atomic E-state index is 13.4.